The van der Waals surface area contributed by atoms with Crippen molar-refractivity contribution < 1.29 is 9.59 Å². The normalized spacial score (nSPS) is 13.3. The maximum absolute atomic E-state index is 12.4. The number of thioether (sulfide) groups is 1. The first-order valence-corrected chi connectivity index (χ1v) is 11.0. The van der Waals surface area contributed by atoms with Gasteiger partial charge in [0.25, 0.3) is 11.8 Å². The molecule has 0 fully saturated rings. The van der Waals surface area contributed by atoms with Crippen LogP contribution in [0.2, 0.25) is 0 Å². The number of nitrogens with zero attached hydrogens (tertiary/aromatic N) is 4. The van der Waals surface area contributed by atoms with Gasteiger partial charge in [0.2, 0.25) is 0 Å². The molecule has 0 heterocycles. The fourth-order valence-electron chi connectivity index (χ4n) is 2.65. The van der Waals surface area contributed by atoms with Gasteiger partial charge in [0.15, 0.2) is 0 Å². The summed E-state index contributed by atoms with van der Waals surface area (Å²) in [7, 11) is 0. The van der Waals surface area contributed by atoms with Gasteiger partial charge >= 0.3 is 0 Å². The Hall–Kier alpha value is -3.95. The molecule has 33 heavy (non-hydrogen) atoms. The van der Waals surface area contributed by atoms with Gasteiger partial charge < -0.3 is 0 Å². The summed E-state index contributed by atoms with van der Waals surface area (Å²) in [6.45, 7) is 6.84. The molecule has 0 aliphatic carbocycles. The Balaban J connectivity index is 1.91. The summed E-state index contributed by atoms with van der Waals surface area (Å²) in [5.74, 6) is -0.688. The number of hydrogen-bond donors (Lipinski definition) is 2. The zero-order chi connectivity index (χ0) is 24.4. The molecule has 9 heteroatoms. The average molecular weight is 461 g/mol. The highest BCUT2D eigenvalue weighted by Crippen LogP contribution is 2.18. The minimum Gasteiger partial charge on any atom is -0.272 e. The second-order valence-corrected chi connectivity index (χ2v) is 8.84. The first kappa shape index (κ1) is 25.3. The lowest BCUT2D eigenvalue weighted by Gasteiger charge is -2.15. The second-order valence-electron chi connectivity index (χ2n) is 7.15. The molecule has 0 spiro atoms. The minimum absolute atomic E-state index is 0.344. The largest absolute Gasteiger partial charge is 0.272 e. The number of amides is 2. The van der Waals surface area contributed by atoms with Crippen LogP contribution in [0.3, 0.4) is 0 Å². The van der Waals surface area contributed by atoms with Crippen molar-refractivity contribution in [3.8, 4) is 12.1 Å². The van der Waals surface area contributed by atoms with Crippen molar-refractivity contribution in [1.82, 2.24) is 10.9 Å². The zero-order valence-electron chi connectivity index (χ0n) is 18.8. The third-order valence-corrected chi connectivity index (χ3v) is 5.88. The maximum atomic E-state index is 12.4. The van der Waals surface area contributed by atoms with Crippen molar-refractivity contribution in [2.75, 3.05) is 0 Å². The third-order valence-electron chi connectivity index (χ3n) is 4.63. The molecular weight excluding hydrogens is 436 g/mol. The Kier molecular flexibility index (Phi) is 9.34. The van der Waals surface area contributed by atoms with E-state index in [1.165, 1.54) is 11.8 Å². The molecule has 0 saturated carbocycles. The summed E-state index contributed by atoms with van der Waals surface area (Å²) in [6, 6.07) is 18.0. The molecule has 168 valence electrons. The molecule has 2 aromatic carbocycles. The van der Waals surface area contributed by atoms with Gasteiger partial charge in [-0.15, -0.1) is 11.8 Å². The number of carbonyl (C=O) groups excluding carboxylic acids is 2. The summed E-state index contributed by atoms with van der Waals surface area (Å²) in [6.07, 6.45) is 0. The number of nitrogens with one attached hydrogen (secondary N) is 2. The Bertz CT molecular complexity index is 1080. The van der Waals surface area contributed by atoms with Crippen LogP contribution in [-0.2, 0) is 9.59 Å². The van der Waals surface area contributed by atoms with Crippen LogP contribution in [0.1, 0.15) is 49.9 Å². The quantitative estimate of drug-likeness (QED) is 0.461. The highest BCUT2D eigenvalue weighted by Gasteiger charge is 2.21. The van der Waals surface area contributed by atoms with E-state index in [2.05, 4.69) is 33.2 Å². The highest BCUT2D eigenvalue weighted by atomic mass is 32.2. The van der Waals surface area contributed by atoms with Gasteiger partial charge in [-0.2, -0.15) is 20.7 Å². The number of benzene rings is 2. The third kappa shape index (κ3) is 7.60. The van der Waals surface area contributed by atoms with Gasteiger partial charge in [-0.25, -0.2) is 10.9 Å². The van der Waals surface area contributed by atoms with E-state index in [-0.39, 0.29) is 11.8 Å². The van der Waals surface area contributed by atoms with E-state index in [0.717, 1.165) is 11.1 Å². The van der Waals surface area contributed by atoms with E-state index in [0.29, 0.717) is 22.6 Å². The van der Waals surface area contributed by atoms with Crippen LogP contribution in [0.5, 0.6) is 0 Å². The lowest BCUT2D eigenvalue weighted by Crippen LogP contribution is -2.33. The number of hydrogen-bond acceptors (Lipinski definition) is 7. The van der Waals surface area contributed by atoms with Crippen molar-refractivity contribution >= 4 is 35.0 Å². The first-order valence-electron chi connectivity index (χ1n) is 10.1. The highest BCUT2D eigenvalue weighted by molar-refractivity contribution is 8.01. The van der Waals surface area contributed by atoms with Crippen LogP contribution in [0.25, 0.3) is 0 Å². The van der Waals surface area contributed by atoms with Crippen LogP contribution < -0.4 is 10.9 Å². The summed E-state index contributed by atoms with van der Waals surface area (Å²) in [5.41, 5.74) is 8.62. The number of nitriles is 2. The molecule has 0 bridgehead atoms. The van der Waals surface area contributed by atoms with Gasteiger partial charge in [0.1, 0.15) is 0 Å². The molecule has 0 aliphatic heterocycles. The van der Waals surface area contributed by atoms with Gasteiger partial charge in [-0.05, 0) is 63.1 Å². The number of hydrazone groups is 2. The predicted molar refractivity (Wildman–Crippen MR) is 130 cm³/mol. The van der Waals surface area contributed by atoms with Crippen LogP contribution in [-0.4, -0.2) is 33.7 Å². The molecule has 2 aromatic rings. The maximum Gasteiger partial charge on any atom is 0.252 e. The molecule has 8 nitrogen and oxygen atoms in total. The predicted octanol–water partition coefficient (Wildman–Crippen LogP) is 3.32. The summed E-state index contributed by atoms with van der Waals surface area (Å²) in [4.78, 5) is 24.8. The molecule has 0 radical (unpaired) electrons. The Labute approximate surface area is 197 Å². The van der Waals surface area contributed by atoms with Gasteiger partial charge in [0.05, 0.1) is 45.2 Å². The van der Waals surface area contributed by atoms with Crippen LogP contribution in [0.4, 0.5) is 0 Å². The van der Waals surface area contributed by atoms with E-state index in [9.17, 15) is 9.59 Å². The smallest absolute Gasteiger partial charge is 0.252 e. The Morgan fingerprint density at radius 2 is 1.21 bits per heavy atom. The standard InChI is InChI=1S/C24H24N6O2S/c1-15(21-9-5-7-19(11-21)13-25)27-29-23(31)17(3)33-18(4)24(32)30-28-16(2)22-10-6-8-20(12-22)14-26/h5-12,17-18H,1-4H3,(H,29,31)(H,30,32)/b27-15+,28-16+/t17-,18-/m0/s1. The summed E-state index contributed by atoms with van der Waals surface area (Å²) >= 11 is 1.17. The summed E-state index contributed by atoms with van der Waals surface area (Å²) in [5, 5.41) is 25.1. The molecule has 0 unspecified atom stereocenters. The van der Waals surface area contributed by atoms with E-state index < -0.39 is 10.5 Å². The molecule has 0 aromatic heterocycles. The van der Waals surface area contributed by atoms with Crippen molar-refractivity contribution in [3.63, 3.8) is 0 Å². The average Bonchev–Trinajstić information content (AvgIpc) is 2.85. The monoisotopic (exact) mass is 460 g/mol. The van der Waals surface area contributed by atoms with Crippen LogP contribution in [0.15, 0.2) is 58.7 Å². The van der Waals surface area contributed by atoms with Crippen molar-refractivity contribution in [2.24, 2.45) is 10.2 Å². The van der Waals surface area contributed by atoms with Crippen molar-refractivity contribution in [1.29, 1.82) is 10.5 Å². The molecular formula is C24H24N6O2S. The van der Waals surface area contributed by atoms with E-state index >= 15 is 0 Å². The Morgan fingerprint density at radius 1 is 0.818 bits per heavy atom. The molecule has 2 rings (SSSR count). The molecule has 2 amide bonds. The topological polar surface area (TPSA) is 130 Å². The van der Waals surface area contributed by atoms with Gasteiger partial charge in [-0.3, -0.25) is 9.59 Å². The zero-order valence-corrected chi connectivity index (χ0v) is 19.6. The molecule has 0 saturated heterocycles. The first-order chi connectivity index (χ1) is 15.7. The Morgan fingerprint density at radius 3 is 1.58 bits per heavy atom. The summed E-state index contributed by atoms with van der Waals surface area (Å²) < 4.78 is 0. The second kappa shape index (κ2) is 12.2. The van der Waals surface area contributed by atoms with Crippen LogP contribution >= 0.6 is 11.8 Å². The van der Waals surface area contributed by atoms with Crippen LogP contribution in [0, 0.1) is 22.7 Å². The van der Waals surface area contributed by atoms with Crippen molar-refractivity contribution in [2.45, 2.75) is 38.2 Å². The SMILES string of the molecule is C/C(=N\NC(=O)[C@H](C)S[C@@H](C)C(=O)N/N=C(\C)c1cccc(C#N)c1)c1cccc(C#N)c1. The minimum atomic E-state index is -0.537. The molecule has 0 aliphatic rings. The fourth-order valence-corrected chi connectivity index (χ4v) is 3.61. The van der Waals surface area contributed by atoms with Gasteiger partial charge in [-0.1, -0.05) is 24.3 Å². The van der Waals surface area contributed by atoms with E-state index in [1.54, 1.807) is 76.2 Å². The molecule has 2 atom stereocenters. The lowest BCUT2D eigenvalue weighted by molar-refractivity contribution is -0.120. The van der Waals surface area contributed by atoms with E-state index in [1.807, 2.05) is 0 Å². The van der Waals surface area contributed by atoms with E-state index in [4.69, 9.17) is 10.5 Å². The van der Waals surface area contributed by atoms with Gasteiger partial charge in [0, 0.05) is 0 Å². The van der Waals surface area contributed by atoms with Crippen molar-refractivity contribution in [3.05, 3.63) is 70.8 Å². The lowest BCUT2D eigenvalue weighted by atomic mass is 10.1. The number of rotatable bonds is 8. The fraction of sp³-hybridized carbons (Fsp3) is 0.250. The molecule has 2 N–H and O–H groups in total. The number of carbonyl (C=O) groups is 2.